The number of amides is 2. The van der Waals surface area contributed by atoms with Gasteiger partial charge in [0, 0.05) is 5.39 Å². The van der Waals surface area contributed by atoms with Gasteiger partial charge in [-0.2, -0.15) is 0 Å². The zero-order valence-corrected chi connectivity index (χ0v) is 14.0. The fourth-order valence-corrected chi connectivity index (χ4v) is 2.16. The van der Waals surface area contributed by atoms with Crippen molar-refractivity contribution < 1.29 is 19.1 Å². The third kappa shape index (κ3) is 4.58. The van der Waals surface area contributed by atoms with Gasteiger partial charge < -0.3 is 9.47 Å². The summed E-state index contributed by atoms with van der Waals surface area (Å²) < 4.78 is 9.75. The topological polar surface area (TPSA) is 80.8 Å². The summed E-state index contributed by atoms with van der Waals surface area (Å²) in [6.45, 7) is 5.86. The molecule has 2 aromatic rings. The molecule has 0 bridgehead atoms. The molecule has 0 aliphatic rings. The van der Waals surface area contributed by atoms with Crippen molar-refractivity contribution in [1.82, 2.24) is 15.4 Å². The monoisotopic (exact) mass is 331 g/mol. The number of hydrogen-bond acceptors (Lipinski definition) is 5. The highest BCUT2D eigenvalue weighted by Crippen LogP contribution is 2.15. The zero-order valence-electron chi connectivity index (χ0n) is 14.0. The van der Waals surface area contributed by atoms with Crippen LogP contribution in [0.15, 0.2) is 30.3 Å². The van der Waals surface area contributed by atoms with Gasteiger partial charge in [-0.15, -0.1) is 0 Å². The van der Waals surface area contributed by atoms with E-state index in [9.17, 15) is 9.59 Å². The molecular formula is C17H21N3O4. The average molecular weight is 331 g/mol. The molecule has 1 aromatic heterocycles. The van der Waals surface area contributed by atoms with Crippen LogP contribution in [0.1, 0.15) is 25.1 Å². The summed E-state index contributed by atoms with van der Waals surface area (Å²) in [5.74, 6) is 0. The molecule has 7 nitrogen and oxygen atoms in total. The highest BCUT2D eigenvalue weighted by atomic mass is 16.6. The second kappa shape index (κ2) is 8.14. The van der Waals surface area contributed by atoms with Gasteiger partial charge in [-0.1, -0.05) is 17.7 Å². The lowest BCUT2D eigenvalue weighted by Crippen LogP contribution is -2.46. The van der Waals surface area contributed by atoms with E-state index < -0.39 is 12.2 Å². The second-order valence-corrected chi connectivity index (χ2v) is 5.12. The Kier molecular flexibility index (Phi) is 5.95. The minimum atomic E-state index is -0.720. The van der Waals surface area contributed by atoms with Gasteiger partial charge in [-0.3, -0.25) is 4.98 Å². The summed E-state index contributed by atoms with van der Waals surface area (Å²) in [6.07, 6.45) is -1.39. The summed E-state index contributed by atoms with van der Waals surface area (Å²) in [4.78, 5) is 28.1. The van der Waals surface area contributed by atoms with Crippen molar-refractivity contribution in [3.63, 3.8) is 0 Å². The number of aromatic nitrogens is 1. The molecule has 0 aliphatic carbocycles. The van der Waals surface area contributed by atoms with Gasteiger partial charge in [-0.05, 0) is 39.0 Å². The first-order valence-corrected chi connectivity index (χ1v) is 7.77. The van der Waals surface area contributed by atoms with Crippen LogP contribution in [0.5, 0.6) is 0 Å². The number of benzene rings is 1. The van der Waals surface area contributed by atoms with E-state index in [0.29, 0.717) is 5.69 Å². The predicted octanol–water partition coefficient (Wildman–Crippen LogP) is 3.16. The lowest BCUT2D eigenvalue weighted by Gasteiger charge is -2.21. The predicted molar refractivity (Wildman–Crippen MR) is 89.2 cm³/mol. The molecule has 0 unspecified atom stereocenters. The van der Waals surface area contributed by atoms with Crippen LogP contribution in [0.4, 0.5) is 9.59 Å². The smallest absolute Gasteiger partial charge is 0.429 e. The van der Waals surface area contributed by atoms with Crippen molar-refractivity contribution in [2.24, 2.45) is 0 Å². The number of nitrogens with one attached hydrogen (secondary N) is 1. The van der Waals surface area contributed by atoms with Gasteiger partial charge in [-0.25, -0.2) is 20.0 Å². The summed E-state index contributed by atoms with van der Waals surface area (Å²) in [5.41, 5.74) is 4.95. The molecule has 0 aliphatic heterocycles. The minimum Gasteiger partial charge on any atom is -0.449 e. The normalized spacial score (nSPS) is 10.3. The molecule has 1 heterocycles. The van der Waals surface area contributed by atoms with Crippen molar-refractivity contribution >= 4 is 23.1 Å². The van der Waals surface area contributed by atoms with E-state index in [0.717, 1.165) is 21.5 Å². The van der Waals surface area contributed by atoms with Gasteiger partial charge in [0.2, 0.25) is 0 Å². The third-order valence-electron chi connectivity index (χ3n) is 3.21. The van der Waals surface area contributed by atoms with Crippen molar-refractivity contribution in [3.8, 4) is 0 Å². The number of fused-ring (bicyclic) bond motifs is 1. The number of carbonyl (C=O) groups excluding carboxylic acids is 2. The standard InChI is InChI=1S/C17H21N3O4/c1-4-23-16(21)19-20(17(22)24-5-2)11-14-8-7-13-10-12(3)6-9-15(13)18-14/h6-10H,4-5,11H2,1-3H3,(H,19,21). The van der Waals surface area contributed by atoms with Gasteiger partial charge in [0.15, 0.2) is 0 Å². The number of aryl methyl sites for hydroxylation is 1. The number of carbonyl (C=O) groups is 2. The van der Waals surface area contributed by atoms with Crippen LogP contribution in [0, 0.1) is 6.92 Å². The van der Waals surface area contributed by atoms with E-state index in [2.05, 4.69) is 10.4 Å². The van der Waals surface area contributed by atoms with Crippen LogP contribution < -0.4 is 5.43 Å². The van der Waals surface area contributed by atoms with Crippen LogP contribution in [0.3, 0.4) is 0 Å². The molecule has 128 valence electrons. The Morgan fingerprint density at radius 2 is 1.88 bits per heavy atom. The van der Waals surface area contributed by atoms with E-state index in [1.165, 1.54) is 0 Å². The molecule has 1 aromatic carbocycles. The van der Waals surface area contributed by atoms with Gasteiger partial charge in [0.25, 0.3) is 0 Å². The Morgan fingerprint density at radius 3 is 2.58 bits per heavy atom. The molecule has 2 amide bonds. The molecule has 0 fully saturated rings. The van der Waals surface area contributed by atoms with Crippen LogP contribution in [0.2, 0.25) is 0 Å². The van der Waals surface area contributed by atoms with Crippen LogP contribution in [-0.4, -0.2) is 35.4 Å². The summed E-state index contributed by atoms with van der Waals surface area (Å²) in [7, 11) is 0. The first kappa shape index (κ1) is 17.5. The Hall–Kier alpha value is -2.83. The van der Waals surface area contributed by atoms with E-state index >= 15 is 0 Å². The molecule has 0 saturated heterocycles. The largest absolute Gasteiger partial charge is 0.449 e. The Labute approximate surface area is 140 Å². The summed E-state index contributed by atoms with van der Waals surface area (Å²) >= 11 is 0. The molecule has 0 radical (unpaired) electrons. The van der Waals surface area contributed by atoms with Gasteiger partial charge in [0.05, 0.1) is 31.0 Å². The van der Waals surface area contributed by atoms with Crippen LogP contribution in [0.25, 0.3) is 10.9 Å². The SMILES string of the molecule is CCOC(=O)NN(Cc1ccc2cc(C)ccc2n1)C(=O)OCC. The lowest BCUT2D eigenvalue weighted by molar-refractivity contribution is 0.0707. The number of pyridine rings is 1. The number of rotatable bonds is 4. The minimum absolute atomic E-state index is 0.0709. The van der Waals surface area contributed by atoms with Crippen LogP contribution >= 0.6 is 0 Å². The second-order valence-electron chi connectivity index (χ2n) is 5.12. The maximum Gasteiger partial charge on any atom is 0.429 e. The highest BCUT2D eigenvalue weighted by molar-refractivity contribution is 5.79. The maximum atomic E-state index is 12.0. The molecule has 1 N–H and O–H groups in total. The zero-order chi connectivity index (χ0) is 17.5. The van der Waals surface area contributed by atoms with Crippen molar-refractivity contribution in [2.75, 3.05) is 13.2 Å². The number of hydrazine groups is 1. The number of ether oxygens (including phenoxy) is 2. The molecule has 0 atom stereocenters. The fraction of sp³-hybridized carbons (Fsp3) is 0.353. The molecule has 0 spiro atoms. The first-order valence-electron chi connectivity index (χ1n) is 7.77. The van der Waals surface area contributed by atoms with E-state index in [4.69, 9.17) is 9.47 Å². The van der Waals surface area contributed by atoms with E-state index in [1.54, 1.807) is 19.9 Å². The first-order chi connectivity index (χ1) is 11.5. The highest BCUT2D eigenvalue weighted by Gasteiger charge is 2.19. The average Bonchev–Trinajstić information content (AvgIpc) is 2.55. The molecule has 2 rings (SSSR count). The van der Waals surface area contributed by atoms with E-state index in [-0.39, 0.29) is 19.8 Å². The number of hydrogen-bond donors (Lipinski definition) is 1. The van der Waals surface area contributed by atoms with Gasteiger partial charge in [0.1, 0.15) is 0 Å². The molecule has 0 saturated carbocycles. The maximum absolute atomic E-state index is 12.0. The fourth-order valence-electron chi connectivity index (χ4n) is 2.16. The molecule has 7 heteroatoms. The molecular weight excluding hydrogens is 310 g/mol. The summed E-state index contributed by atoms with van der Waals surface area (Å²) in [5, 5.41) is 2.06. The Bertz CT molecular complexity index is 733. The van der Waals surface area contributed by atoms with E-state index in [1.807, 2.05) is 31.2 Å². The number of nitrogens with zero attached hydrogens (tertiary/aromatic N) is 2. The lowest BCUT2D eigenvalue weighted by atomic mass is 10.1. The van der Waals surface area contributed by atoms with Crippen molar-refractivity contribution in [2.45, 2.75) is 27.3 Å². The Balaban J connectivity index is 2.19. The van der Waals surface area contributed by atoms with Gasteiger partial charge >= 0.3 is 12.2 Å². The van der Waals surface area contributed by atoms with Crippen molar-refractivity contribution in [3.05, 3.63) is 41.6 Å². The van der Waals surface area contributed by atoms with Crippen LogP contribution in [-0.2, 0) is 16.0 Å². The Morgan fingerprint density at radius 1 is 1.12 bits per heavy atom. The third-order valence-corrected chi connectivity index (χ3v) is 3.21. The summed E-state index contributed by atoms with van der Waals surface area (Å²) in [6, 6.07) is 9.66. The van der Waals surface area contributed by atoms with Crippen molar-refractivity contribution in [1.29, 1.82) is 0 Å². The molecule has 24 heavy (non-hydrogen) atoms. The quantitative estimate of drug-likeness (QED) is 0.870.